The second-order valence-corrected chi connectivity index (χ2v) is 8.14. The lowest BCUT2D eigenvalue weighted by atomic mass is 9.94. The highest BCUT2D eigenvalue weighted by molar-refractivity contribution is 5.88. The van der Waals surface area contributed by atoms with Crippen LogP contribution in [0.15, 0.2) is 54.6 Å². The Hall–Kier alpha value is -3.88. The number of cyclic esters (lactones) is 1. The summed E-state index contributed by atoms with van der Waals surface area (Å²) in [6.07, 6.45) is 0.236. The Bertz CT molecular complexity index is 1110. The highest BCUT2D eigenvalue weighted by Gasteiger charge is 2.36. The van der Waals surface area contributed by atoms with Crippen molar-refractivity contribution in [2.24, 2.45) is 0 Å². The smallest absolute Gasteiger partial charge is 0.417 e. The van der Waals surface area contributed by atoms with Crippen LogP contribution in [0.5, 0.6) is 17.5 Å². The molecule has 172 valence electrons. The SMILES string of the molecule is CC[C@H]1COC(=O)N1c1nc(NC(C)(C)c2ccc(Oc3ccccc3)cc2)nc(OC)n1. The van der Waals surface area contributed by atoms with E-state index < -0.39 is 11.6 Å². The standard InChI is InChI=1S/C24H27N5O4/c1-5-17-15-32-23(30)29(17)21-25-20(26-22(27-21)31-4)28-24(2,3)16-11-13-19(14-12-16)33-18-9-7-6-8-10-18/h6-14,17H,5,15H2,1-4H3,(H,25,26,27,28)/t17-/m0/s1. The van der Waals surface area contributed by atoms with Gasteiger partial charge in [0.05, 0.1) is 18.7 Å². The van der Waals surface area contributed by atoms with Crippen LogP contribution in [0.2, 0.25) is 0 Å². The van der Waals surface area contributed by atoms with Gasteiger partial charge in [-0.05, 0) is 50.1 Å². The number of aromatic nitrogens is 3. The molecule has 0 unspecified atom stereocenters. The number of nitrogens with zero attached hydrogens (tertiary/aromatic N) is 4. The normalized spacial score (nSPS) is 15.8. The molecule has 2 heterocycles. The molecular weight excluding hydrogens is 422 g/mol. The second-order valence-electron chi connectivity index (χ2n) is 8.14. The number of para-hydroxylation sites is 1. The van der Waals surface area contributed by atoms with Gasteiger partial charge >= 0.3 is 12.1 Å². The zero-order valence-corrected chi connectivity index (χ0v) is 19.1. The van der Waals surface area contributed by atoms with E-state index in [1.165, 1.54) is 12.0 Å². The Balaban J connectivity index is 1.55. The maximum absolute atomic E-state index is 12.3. The van der Waals surface area contributed by atoms with Crippen molar-refractivity contribution in [2.75, 3.05) is 23.9 Å². The summed E-state index contributed by atoms with van der Waals surface area (Å²) in [5.74, 6) is 2.00. The fourth-order valence-electron chi connectivity index (χ4n) is 3.52. The largest absolute Gasteiger partial charge is 0.467 e. The van der Waals surface area contributed by atoms with Gasteiger partial charge in [-0.3, -0.25) is 0 Å². The van der Waals surface area contributed by atoms with Gasteiger partial charge in [-0.2, -0.15) is 15.0 Å². The average molecular weight is 450 g/mol. The molecule has 0 radical (unpaired) electrons. The first-order valence-corrected chi connectivity index (χ1v) is 10.8. The quantitative estimate of drug-likeness (QED) is 0.526. The van der Waals surface area contributed by atoms with E-state index in [9.17, 15) is 4.79 Å². The number of amides is 1. The zero-order chi connectivity index (χ0) is 23.4. The predicted molar refractivity (Wildman–Crippen MR) is 124 cm³/mol. The molecule has 1 fully saturated rings. The van der Waals surface area contributed by atoms with Gasteiger partial charge < -0.3 is 19.5 Å². The van der Waals surface area contributed by atoms with E-state index in [0.717, 1.165) is 17.1 Å². The van der Waals surface area contributed by atoms with Gasteiger partial charge in [-0.1, -0.05) is 37.3 Å². The lowest BCUT2D eigenvalue weighted by Gasteiger charge is -2.27. The van der Waals surface area contributed by atoms with Crippen LogP contribution in [0.1, 0.15) is 32.8 Å². The minimum atomic E-state index is -0.537. The summed E-state index contributed by atoms with van der Waals surface area (Å²) in [5.41, 5.74) is 0.459. The van der Waals surface area contributed by atoms with Crippen LogP contribution in [0.3, 0.4) is 0 Å². The topological polar surface area (TPSA) is 98.7 Å². The summed E-state index contributed by atoms with van der Waals surface area (Å²) in [5, 5.41) is 3.33. The number of benzene rings is 2. The molecule has 1 aromatic heterocycles. The average Bonchev–Trinajstić information content (AvgIpc) is 3.20. The molecule has 1 aliphatic rings. The Labute approximate surface area is 192 Å². The van der Waals surface area contributed by atoms with E-state index in [2.05, 4.69) is 20.3 Å². The number of rotatable bonds is 8. The van der Waals surface area contributed by atoms with Crippen LogP contribution in [0.25, 0.3) is 0 Å². The Morgan fingerprint density at radius 2 is 1.76 bits per heavy atom. The van der Waals surface area contributed by atoms with E-state index in [4.69, 9.17) is 14.2 Å². The number of nitrogens with one attached hydrogen (secondary N) is 1. The molecule has 1 saturated heterocycles. The third-order valence-electron chi connectivity index (χ3n) is 5.41. The summed E-state index contributed by atoms with van der Waals surface area (Å²) in [6, 6.07) is 17.4. The first-order chi connectivity index (χ1) is 15.9. The van der Waals surface area contributed by atoms with Crippen molar-refractivity contribution in [3.8, 4) is 17.5 Å². The number of carbonyl (C=O) groups excluding carboxylic acids is 1. The monoisotopic (exact) mass is 449 g/mol. The highest BCUT2D eigenvalue weighted by atomic mass is 16.6. The summed E-state index contributed by atoms with van der Waals surface area (Å²) >= 11 is 0. The van der Waals surface area contributed by atoms with Crippen LogP contribution in [0, 0.1) is 0 Å². The third kappa shape index (κ3) is 4.97. The van der Waals surface area contributed by atoms with Gasteiger partial charge in [0.15, 0.2) is 0 Å². The number of carbonyl (C=O) groups is 1. The summed E-state index contributed by atoms with van der Waals surface area (Å²) in [7, 11) is 1.47. The minimum absolute atomic E-state index is 0.111. The van der Waals surface area contributed by atoms with Crippen LogP contribution in [-0.2, 0) is 10.3 Å². The van der Waals surface area contributed by atoms with E-state index >= 15 is 0 Å². The van der Waals surface area contributed by atoms with Gasteiger partial charge in [0, 0.05) is 0 Å². The molecule has 9 heteroatoms. The molecule has 2 aromatic carbocycles. The van der Waals surface area contributed by atoms with Crippen molar-refractivity contribution in [3.05, 3.63) is 60.2 Å². The lowest BCUT2D eigenvalue weighted by Crippen LogP contribution is -2.35. The van der Waals surface area contributed by atoms with Gasteiger partial charge in [-0.15, -0.1) is 0 Å². The number of ether oxygens (including phenoxy) is 3. The summed E-state index contributed by atoms with van der Waals surface area (Å²) in [4.78, 5) is 26.8. The first-order valence-electron chi connectivity index (χ1n) is 10.8. The second kappa shape index (κ2) is 9.32. The van der Waals surface area contributed by atoms with Crippen LogP contribution >= 0.6 is 0 Å². The van der Waals surface area contributed by atoms with Crippen molar-refractivity contribution < 1.29 is 19.0 Å². The molecule has 0 bridgehead atoms. The van der Waals surface area contributed by atoms with Crippen molar-refractivity contribution in [2.45, 2.75) is 38.8 Å². The molecular formula is C24H27N5O4. The van der Waals surface area contributed by atoms with Crippen LogP contribution in [-0.4, -0.2) is 40.8 Å². The molecule has 0 aliphatic carbocycles. The molecule has 0 saturated carbocycles. The maximum atomic E-state index is 12.3. The Morgan fingerprint density at radius 1 is 1.06 bits per heavy atom. The fraction of sp³-hybridized carbons (Fsp3) is 0.333. The van der Waals surface area contributed by atoms with E-state index in [0.29, 0.717) is 19.0 Å². The molecule has 3 aromatic rings. The summed E-state index contributed by atoms with van der Waals surface area (Å²) < 4.78 is 16.3. The van der Waals surface area contributed by atoms with Gasteiger partial charge in [0.25, 0.3) is 0 Å². The predicted octanol–water partition coefficient (Wildman–Crippen LogP) is 4.75. The van der Waals surface area contributed by atoms with E-state index in [-0.39, 0.29) is 18.0 Å². The summed E-state index contributed by atoms with van der Waals surface area (Å²) in [6.45, 7) is 6.30. The molecule has 0 spiro atoms. The van der Waals surface area contributed by atoms with Gasteiger partial charge in [0.2, 0.25) is 11.9 Å². The number of hydrogen-bond donors (Lipinski definition) is 1. The van der Waals surface area contributed by atoms with Crippen LogP contribution < -0.4 is 19.7 Å². The van der Waals surface area contributed by atoms with E-state index in [1.54, 1.807) is 0 Å². The number of methoxy groups -OCH3 is 1. The fourth-order valence-corrected chi connectivity index (χ4v) is 3.52. The highest BCUT2D eigenvalue weighted by Crippen LogP contribution is 2.30. The number of hydrogen-bond acceptors (Lipinski definition) is 8. The molecule has 1 atom stereocenters. The Kier molecular flexibility index (Phi) is 6.30. The van der Waals surface area contributed by atoms with Crippen molar-refractivity contribution in [1.82, 2.24) is 15.0 Å². The lowest BCUT2D eigenvalue weighted by molar-refractivity contribution is 0.178. The molecule has 4 rings (SSSR count). The van der Waals surface area contributed by atoms with Gasteiger partial charge in [0.1, 0.15) is 18.1 Å². The third-order valence-corrected chi connectivity index (χ3v) is 5.41. The van der Waals surface area contributed by atoms with Crippen molar-refractivity contribution in [1.29, 1.82) is 0 Å². The van der Waals surface area contributed by atoms with Crippen molar-refractivity contribution in [3.63, 3.8) is 0 Å². The molecule has 1 amide bonds. The van der Waals surface area contributed by atoms with Gasteiger partial charge in [-0.25, -0.2) is 9.69 Å². The Morgan fingerprint density at radius 3 is 2.42 bits per heavy atom. The molecule has 9 nitrogen and oxygen atoms in total. The first kappa shape index (κ1) is 22.3. The molecule has 1 N–H and O–H groups in total. The van der Waals surface area contributed by atoms with Crippen molar-refractivity contribution >= 4 is 18.0 Å². The zero-order valence-electron chi connectivity index (χ0n) is 19.1. The maximum Gasteiger partial charge on any atom is 0.417 e. The minimum Gasteiger partial charge on any atom is -0.467 e. The van der Waals surface area contributed by atoms with Crippen LogP contribution in [0.4, 0.5) is 16.7 Å². The number of anilines is 2. The van der Waals surface area contributed by atoms with E-state index in [1.807, 2.05) is 75.4 Å². The molecule has 33 heavy (non-hydrogen) atoms. The molecule has 1 aliphatic heterocycles.